The summed E-state index contributed by atoms with van der Waals surface area (Å²) in [7, 11) is 0. The summed E-state index contributed by atoms with van der Waals surface area (Å²) in [4.78, 5) is 0. The van der Waals surface area contributed by atoms with Crippen LogP contribution in [-0.4, -0.2) is 0 Å². The van der Waals surface area contributed by atoms with Gasteiger partial charge in [-0.1, -0.05) is 103 Å². The zero-order chi connectivity index (χ0) is 21.8. The maximum absolute atomic E-state index is 3.74. The van der Waals surface area contributed by atoms with E-state index in [1.165, 1.54) is 53.9 Å². The van der Waals surface area contributed by atoms with Gasteiger partial charge < -0.3 is 5.32 Å². The summed E-state index contributed by atoms with van der Waals surface area (Å²) in [6.45, 7) is 0. The summed E-state index contributed by atoms with van der Waals surface area (Å²) in [5.41, 5.74) is 2.23. The number of fused-ring (bicyclic) bond motifs is 9. The first kappa shape index (κ1) is 18.2. The Labute approximate surface area is 191 Å². The molecule has 7 aromatic carbocycles. The van der Waals surface area contributed by atoms with Gasteiger partial charge in [0.15, 0.2) is 0 Å². The Hall–Kier alpha value is -4.36. The molecule has 0 aliphatic heterocycles. The van der Waals surface area contributed by atoms with Crippen LogP contribution in [0.15, 0.2) is 121 Å². The molecule has 1 nitrogen and oxygen atoms in total. The minimum absolute atomic E-state index is 1.10. The highest BCUT2D eigenvalue weighted by molar-refractivity contribution is 6.25. The summed E-state index contributed by atoms with van der Waals surface area (Å²) >= 11 is 0. The molecule has 0 aliphatic rings. The van der Waals surface area contributed by atoms with Crippen molar-refractivity contribution in [2.75, 3.05) is 5.32 Å². The lowest BCUT2D eigenvalue weighted by Gasteiger charge is -2.15. The zero-order valence-corrected chi connectivity index (χ0v) is 18.0. The lowest BCUT2D eigenvalue weighted by atomic mass is 9.94. The predicted octanol–water partition coefficient (Wildman–Crippen LogP) is 9.20. The van der Waals surface area contributed by atoms with Crippen LogP contribution in [0.1, 0.15) is 0 Å². The molecule has 0 saturated heterocycles. The van der Waals surface area contributed by atoms with E-state index in [1.54, 1.807) is 0 Å². The van der Waals surface area contributed by atoms with Crippen molar-refractivity contribution in [2.45, 2.75) is 0 Å². The van der Waals surface area contributed by atoms with E-state index in [2.05, 4.69) is 127 Å². The third kappa shape index (κ3) is 2.79. The number of hydrogen-bond acceptors (Lipinski definition) is 1. The van der Waals surface area contributed by atoms with Gasteiger partial charge in [0, 0.05) is 16.8 Å². The second-order valence-electron chi connectivity index (χ2n) is 8.67. The molecule has 0 radical (unpaired) electrons. The summed E-state index contributed by atoms with van der Waals surface area (Å²) in [6, 6.07) is 43.7. The van der Waals surface area contributed by atoms with E-state index < -0.39 is 0 Å². The molecule has 0 fully saturated rings. The standard InChI is InChI=1S/C32H21N/c1-2-10-23-21(9-1)19-32(30-16-8-7-11-24(23)30)33-22-17-18-29-27-14-4-3-12-25(27)26-13-5-6-15-28(26)31(29)20-22/h1-20,33H. The molecule has 0 aromatic heterocycles. The molecule has 0 heterocycles. The Bertz CT molecular complexity index is 1810. The Morgan fingerprint density at radius 3 is 1.42 bits per heavy atom. The largest absolute Gasteiger partial charge is 0.355 e. The molecule has 1 heteroatoms. The van der Waals surface area contributed by atoms with E-state index in [1.807, 2.05) is 0 Å². The second-order valence-corrected chi connectivity index (χ2v) is 8.67. The van der Waals surface area contributed by atoms with Crippen LogP contribution in [0.2, 0.25) is 0 Å². The van der Waals surface area contributed by atoms with E-state index in [0.29, 0.717) is 0 Å². The Morgan fingerprint density at radius 1 is 0.333 bits per heavy atom. The van der Waals surface area contributed by atoms with Crippen LogP contribution < -0.4 is 5.32 Å². The van der Waals surface area contributed by atoms with Crippen LogP contribution in [-0.2, 0) is 0 Å². The van der Waals surface area contributed by atoms with Crippen molar-refractivity contribution in [3.63, 3.8) is 0 Å². The molecule has 0 amide bonds. The lowest BCUT2D eigenvalue weighted by molar-refractivity contribution is 1.62. The van der Waals surface area contributed by atoms with Gasteiger partial charge in [-0.15, -0.1) is 0 Å². The number of hydrogen-bond donors (Lipinski definition) is 1. The van der Waals surface area contributed by atoms with Crippen molar-refractivity contribution in [2.24, 2.45) is 0 Å². The normalized spacial score (nSPS) is 11.6. The second kappa shape index (κ2) is 7.08. The van der Waals surface area contributed by atoms with Crippen molar-refractivity contribution < 1.29 is 0 Å². The lowest BCUT2D eigenvalue weighted by Crippen LogP contribution is -1.93. The van der Waals surface area contributed by atoms with E-state index in [9.17, 15) is 0 Å². The minimum Gasteiger partial charge on any atom is -0.355 e. The van der Waals surface area contributed by atoms with Crippen molar-refractivity contribution in [3.8, 4) is 0 Å². The Balaban J connectivity index is 1.48. The molecule has 1 N–H and O–H groups in total. The first-order chi connectivity index (χ1) is 16.4. The van der Waals surface area contributed by atoms with E-state index in [0.717, 1.165) is 11.4 Å². The molecule has 33 heavy (non-hydrogen) atoms. The number of benzene rings is 7. The summed E-state index contributed by atoms with van der Waals surface area (Å²) in [6.07, 6.45) is 0. The molecule has 0 saturated carbocycles. The van der Waals surface area contributed by atoms with E-state index in [-0.39, 0.29) is 0 Å². The van der Waals surface area contributed by atoms with Crippen LogP contribution in [0.4, 0.5) is 11.4 Å². The van der Waals surface area contributed by atoms with Crippen LogP contribution in [0.5, 0.6) is 0 Å². The van der Waals surface area contributed by atoms with Gasteiger partial charge in [0.05, 0.1) is 0 Å². The molecule has 154 valence electrons. The quantitative estimate of drug-likeness (QED) is 0.275. The fraction of sp³-hybridized carbons (Fsp3) is 0. The average molecular weight is 420 g/mol. The molecular weight excluding hydrogens is 398 g/mol. The first-order valence-electron chi connectivity index (χ1n) is 11.4. The molecular formula is C32H21N. The zero-order valence-electron chi connectivity index (χ0n) is 18.0. The average Bonchev–Trinajstić information content (AvgIpc) is 2.89. The van der Waals surface area contributed by atoms with E-state index in [4.69, 9.17) is 0 Å². The molecule has 0 aliphatic carbocycles. The fourth-order valence-electron chi connectivity index (χ4n) is 5.30. The van der Waals surface area contributed by atoms with Gasteiger partial charge in [0.1, 0.15) is 0 Å². The van der Waals surface area contributed by atoms with Gasteiger partial charge in [-0.2, -0.15) is 0 Å². The molecule has 0 atom stereocenters. The van der Waals surface area contributed by atoms with Gasteiger partial charge in [-0.3, -0.25) is 0 Å². The Kier molecular flexibility index (Phi) is 3.91. The highest BCUT2D eigenvalue weighted by Crippen LogP contribution is 2.38. The SMILES string of the molecule is c1ccc2c(c1)cc(Nc1ccc3c4ccccc4c4ccccc4c3c1)c1ccccc12. The highest BCUT2D eigenvalue weighted by Gasteiger charge is 2.10. The maximum Gasteiger partial charge on any atom is 0.0470 e. The highest BCUT2D eigenvalue weighted by atomic mass is 14.9. The minimum atomic E-state index is 1.10. The van der Waals surface area contributed by atoms with Crippen molar-refractivity contribution >= 4 is 65.2 Å². The van der Waals surface area contributed by atoms with Crippen molar-refractivity contribution in [3.05, 3.63) is 121 Å². The van der Waals surface area contributed by atoms with Crippen LogP contribution in [0, 0.1) is 0 Å². The number of rotatable bonds is 2. The molecule has 7 aromatic rings. The van der Waals surface area contributed by atoms with Gasteiger partial charge in [0.25, 0.3) is 0 Å². The first-order valence-corrected chi connectivity index (χ1v) is 11.4. The predicted molar refractivity (Wildman–Crippen MR) is 144 cm³/mol. The van der Waals surface area contributed by atoms with Gasteiger partial charge >= 0.3 is 0 Å². The van der Waals surface area contributed by atoms with Gasteiger partial charge in [-0.05, 0) is 66.7 Å². The Morgan fingerprint density at radius 2 is 0.788 bits per heavy atom. The van der Waals surface area contributed by atoms with Gasteiger partial charge in [0.2, 0.25) is 0 Å². The van der Waals surface area contributed by atoms with E-state index >= 15 is 0 Å². The maximum atomic E-state index is 3.74. The van der Waals surface area contributed by atoms with Gasteiger partial charge in [-0.25, -0.2) is 0 Å². The molecule has 0 unspecified atom stereocenters. The summed E-state index contributed by atoms with van der Waals surface area (Å²) in [5.74, 6) is 0. The molecule has 0 spiro atoms. The van der Waals surface area contributed by atoms with Crippen LogP contribution >= 0.6 is 0 Å². The van der Waals surface area contributed by atoms with Crippen molar-refractivity contribution in [1.82, 2.24) is 0 Å². The topological polar surface area (TPSA) is 12.0 Å². The third-order valence-electron chi connectivity index (χ3n) is 6.79. The smallest absolute Gasteiger partial charge is 0.0470 e. The van der Waals surface area contributed by atoms with Crippen molar-refractivity contribution in [1.29, 1.82) is 0 Å². The summed E-state index contributed by atoms with van der Waals surface area (Å²) < 4.78 is 0. The third-order valence-corrected chi connectivity index (χ3v) is 6.79. The number of anilines is 2. The summed E-state index contributed by atoms with van der Waals surface area (Å²) in [5, 5.41) is 16.6. The fourth-order valence-corrected chi connectivity index (χ4v) is 5.30. The molecule has 0 bridgehead atoms. The van der Waals surface area contributed by atoms with Crippen LogP contribution in [0.3, 0.4) is 0 Å². The van der Waals surface area contributed by atoms with Crippen LogP contribution in [0.25, 0.3) is 53.9 Å². The molecule has 7 rings (SSSR count). The number of nitrogens with one attached hydrogen (secondary N) is 1. The monoisotopic (exact) mass is 419 g/mol.